The topological polar surface area (TPSA) is 181 Å². The molecule has 1 aliphatic rings. The van der Waals surface area contributed by atoms with Gasteiger partial charge in [0, 0.05) is 6.20 Å². The summed E-state index contributed by atoms with van der Waals surface area (Å²) in [5.41, 5.74) is 9.19. The second-order valence-electron chi connectivity index (χ2n) is 4.19. The van der Waals surface area contributed by atoms with Gasteiger partial charge in [-0.25, -0.2) is 4.79 Å². The Morgan fingerprint density at radius 1 is 1.65 bits per heavy atom. The first-order valence-corrected chi connectivity index (χ1v) is 5.53. The molecule has 4 atom stereocenters. The fourth-order valence-corrected chi connectivity index (χ4v) is 1.94. The van der Waals surface area contributed by atoms with Gasteiger partial charge in [-0.15, -0.1) is 0 Å². The van der Waals surface area contributed by atoms with Crippen LogP contribution in [0.3, 0.4) is 0 Å². The number of nitrogens with two attached hydrogens (primary N) is 1. The molecule has 20 heavy (non-hydrogen) atoms. The summed E-state index contributed by atoms with van der Waals surface area (Å²) in [6, 6.07) is 1.30. The van der Waals surface area contributed by atoms with Gasteiger partial charge >= 0.3 is 5.69 Å². The van der Waals surface area contributed by atoms with Gasteiger partial charge in [0.1, 0.15) is 30.2 Å². The van der Waals surface area contributed by atoms with Gasteiger partial charge in [-0.2, -0.15) is 4.98 Å². The third-order valence-electron chi connectivity index (χ3n) is 2.97. The molecule has 0 aromatic carbocycles. The molecule has 11 heteroatoms. The van der Waals surface area contributed by atoms with E-state index >= 15 is 0 Å². The molecule has 1 aliphatic heterocycles. The van der Waals surface area contributed by atoms with Crippen LogP contribution in [0.1, 0.15) is 6.23 Å². The third kappa shape index (κ3) is 2.09. The molecule has 0 amide bonds. The van der Waals surface area contributed by atoms with Crippen molar-refractivity contribution in [2.24, 2.45) is 5.11 Å². The maximum atomic E-state index is 11.7. The molecule has 0 bridgehead atoms. The highest BCUT2D eigenvalue weighted by Gasteiger charge is 2.59. The zero-order valence-electron chi connectivity index (χ0n) is 10.1. The average Bonchev–Trinajstić information content (AvgIpc) is 2.65. The Balaban J connectivity index is 2.45. The van der Waals surface area contributed by atoms with Crippen LogP contribution >= 0.6 is 0 Å². The summed E-state index contributed by atoms with van der Waals surface area (Å²) in [6.07, 6.45) is -3.37. The van der Waals surface area contributed by atoms with Gasteiger partial charge in [0.05, 0.1) is 0 Å². The van der Waals surface area contributed by atoms with Crippen molar-refractivity contribution in [3.05, 3.63) is 22.7 Å². The van der Waals surface area contributed by atoms with E-state index in [9.17, 15) is 20.1 Å². The molecule has 0 aliphatic carbocycles. The summed E-state index contributed by atoms with van der Waals surface area (Å²) in [4.78, 5) is 17.8. The van der Waals surface area contributed by atoms with Crippen LogP contribution in [0.15, 0.2) is 22.2 Å². The van der Waals surface area contributed by atoms with E-state index in [1.54, 1.807) is 0 Å². The van der Waals surface area contributed by atoms with Crippen molar-refractivity contribution in [1.29, 1.82) is 5.53 Å². The number of hydrogen-bond donors (Lipinski definition) is 5. The van der Waals surface area contributed by atoms with Crippen molar-refractivity contribution in [3.8, 4) is 0 Å². The average molecular weight is 285 g/mol. The van der Waals surface area contributed by atoms with Crippen LogP contribution in [0.5, 0.6) is 0 Å². The molecule has 108 valence electrons. The molecule has 1 saturated heterocycles. The lowest BCUT2D eigenvalue weighted by Crippen LogP contribution is -2.44. The second-order valence-corrected chi connectivity index (χ2v) is 4.19. The van der Waals surface area contributed by atoms with Crippen LogP contribution in [0, 0.1) is 5.53 Å². The normalized spacial score (nSPS) is 32.9. The lowest BCUT2D eigenvalue weighted by Gasteiger charge is -2.18. The van der Waals surface area contributed by atoms with Crippen molar-refractivity contribution in [1.82, 2.24) is 14.5 Å². The van der Waals surface area contributed by atoms with E-state index in [1.807, 2.05) is 0 Å². The fraction of sp³-hybridized carbons (Fsp3) is 0.556. The van der Waals surface area contributed by atoms with E-state index in [0.717, 1.165) is 4.57 Å². The maximum absolute atomic E-state index is 11.7. The minimum atomic E-state index is -2.01. The molecular weight excluding hydrogens is 272 g/mol. The van der Waals surface area contributed by atoms with Gasteiger partial charge in [0.2, 0.25) is 4.91 Å². The van der Waals surface area contributed by atoms with Crippen molar-refractivity contribution < 1.29 is 20.1 Å². The standard InChI is InChI=1S/C9H12N6O5/c10-4-1-2-15(8(19)12-4)7-5(17)6(18)9(3-16,20-7)13-14-11/h1-2,5-7,11,16-18H,3H2,(H-,10,12,19)/p+1/t5?,6-,7-,9-/m1/s1. The molecule has 0 spiro atoms. The Bertz CT molecular complexity index is 613. The summed E-state index contributed by atoms with van der Waals surface area (Å²) < 4.78 is 6.11. The van der Waals surface area contributed by atoms with Gasteiger partial charge in [0.15, 0.2) is 11.3 Å². The SMILES string of the molecule is N=[N+]=N[C@]1(CO)O[C@@H](n2ccc(N)nc2=O)C(O)[C@H]1O. The van der Waals surface area contributed by atoms with E-state index < -0.39 is 36.5 Å². The van der Waals surface area contributed by atoms with Crippen molar-refractivity contribution in [3.63, 3.8) is 0 Å². The molecule has 1 aromatic rings. The molecule has 0 saturated carbocycles. The summed E-state index contributed by atoms with van der Waals surface area (Å²) in [6.45, 7) is -0.832. The Labute approximate surface area is 111 Å². The van der Waals surface area contributed by atoms with Gasteiger partial charge < -0.3 is 25.8 Å². The summed E-state index contributed by atoms with van der Waals surface area (Å²) in [5, 5.41) is 32.3. The first-order chi connectivity index (χ1) is 9.45. The summed E-state index contributed by atoms with van der Waals surface area (Å²) in [7, 11) is 0. The summed E-state index contributed by atoms with van der Waals surface area (Å²) in [5.74, 6) is -0.0152. The number of nitrogen functional groups attached to an aromatic ring is 1. The van der Waals surface area contributed by atoms with Gasteiger partial charge in [-0.05, 0) is 6.07 Å². The van der Waals surface area contributed by atoms with Crippen LogP contribution < -0.4 is 16.3 Å². The Hall–Kier alpha value is -2.17. The van der Waals surface area contributed by atoms with E-state index in [0.29, 0.717) is 0 Å². The highest BCUT2D eigenvalue weighted by Crippen LogP contribution is 2.36. The van der Waals surface area contributed by atoms with Crippen molar-refractivity contribution >= 4 is 5.82 Å². The minimum absolute atomic E-state index is 0.0152. The minimum Gasteiger partial charge on any atom is -0.391 e. The fourth-order valence-electron chi connectivity index (χ4n) is 1.94. The van der Waals surface area contributed by atoms with Crippen LogP contribution in [0.2, 0.25) is 0 Å². The molecule has 6 N–H and O–H groups in total. The number of anilines is 1. The van der Waals surface area contributed by atoms with Crippen LogP contribution in [0.4, 0.5) is 5.82 Å². The van der Waals surface area contributed by atoms with E-state index in [1.165, 1.54) is 12.3 Å². The van der Waals surface area contributed by atoms with Gasteiger partial charge in [-0.3, -0.25) is 4.57 Å². The molecule has 2 rings (SSSR count). The van der Waals surface area contributed by atoms with Crippen LogP contribution in [-0.4, -0.2) is 49.4 Å². The molecule has 11 nitrogen and oxygen atoms in total. The van der Waals surface area contributed by atoms with Crippen molar-refractivity contribution in [2.45, 2.75) is 24.2 Å². The molecular formula is C9H13N6O5+. The van der Waals surface area contributed by atoms with Crippen molar-refractivity contribution in [2.75, 3.05) is 12.3 Å². The predicted octanol–water partition coefficient (Wildman–Crippen LogP) is -2.68. The van der Waals surface area contributed by atoms with E-state index in [-0.39, 0.29) is 5.82 Å². The lowest BCUT2D eigenvalue weighted by molar-refractivity contribution is -0.128. The van der Waals surface area contributed by atoms with Crippen LogP contribution in [0.25, 0.3) is 0 Å². The highest BCUT2D eigenvalue weighted by atomic mass is 16.6. The lowest BCUT2D eigenvalue weighted by atomic mass is 10.1. The molecule has 1 fully saturated rings. The number of rotatable bonds is 3. The Morgan fingerprint density at radius 2 is 2.35 bits per heavy atom. The number of hydrogen-bond acceptors (Lipinski definition) is 9. The maximum Gasteiger partial charge on any atom is 0.351 e. The number of aromatic nitrogens is 2. The molecule has 0 radical (unpaired) electrons. The first kappa shape index (κ1) is 14.2. The largest absolute Gasteiger partial charge is 0.391 e. The molecule has 2 heterocycles. The van der Waals surface area contributed by atoms with E-state index in [4.69, 9.17) is 16.0 Å². The van der Waals surface area contributed by atoms with Crippen LogP contribution in [-0.2, 0) is 4.74 Å². The Kier molecular flexibility index (Phi) is 3.61. The quantitative estimate of drug-likeness (QED) is 0.296. The second kappa shape index (κ2) is 5.07. The third-order valence-corrected chi connectivity index (χ3v) is 2.97. The zero-order valence-corrected chi connectivity index (χ0v) is 10.1. The predicted molar refractivity (Wildman–Crippen MR) is 62.1 cm³/mol. The molecule has 1 unspecified atom stereocenters. The highest BCUT2D eigenvalue weighted by molar-refractivity contribution is 5.23. The summed E-state index contributed by atoms with van der Waals surface area (Å²) >= 11 is 0. The number of ether oxygens (including phenoxy) is 1. The monoisotopic (exact) mass is 285 g/mol. The number of nitrogens with one attached hydrogen (secondary N) is 1. The smallest absolute Gasteiger partial charge is 0.351 e. The number of aliphatic hydroxyl groups is 3. The number of nitrogens with zero attached hydrogens (tertiary/aromatic N) is 4. The Morgan fingerprint density at radius 3 is 2.90 bits per heavy atom. The molecule has 1 aromatic heterocycles. The van der Waals surface area contributed by atoms with Gasteiger partial charge in [-0.1, -0.05) is 0 Å². The zero-order chi connectivity index (χ0) is 14.9. The first-order valence-electron chi connectivity index (χ1n) is 5.53. The van der Waals surface area contributed by atoms with Gasteiger partial charge in [0.25, 0.3) is 5.72 Å². The number of aliphatic hydroxyl groups excluding tert-OH is 3. The van der Waals surface area contributed by atoms with E-state index in [2.05, 4.69) is 15.0 Å².